The lowest BCUT2D eigenvalue weighted by molar-refractivity contribution is -0.115. The summed E-state index contributed by atoms with van der Waals surface area (Å²) < 4.78 is 0. The lowest BCUT2D eigenvalue weighted by Gasteiger charge is -2.05. The van der Waals surface area contributed by atoms with Crippen LogP contribution in [0.5, 0.6) is 0 Å². The van der Waals surface area contributed by atoms with Gasteiger partial charge in [-0.3, -0.25) is 4.79 Å². The van der Waals surface area contributed by atoms with Gasteiger partial charge in [0.1, 0.15) is 5.01 Å². The van der Waals surface area contributed by atoms with Gasteiger partial charge in [0.05, 0.1) is 23.6 Å². The fourth-order valence-electron chi connectivity index (χ4n) is 2.02. The van der Waals surface area contributed by atoms with Crippen LogP contribution >= 0.6 is 22.7 Å². The van der Waals surface area contributed by atoms with Crippen molar-refractivity contribution in [2.24, 2.45) is 0 Å². The fourth-order valence-corrected chi connectivity index (χ4v) is 3.65. The molecule has 0 saturated carbocycles. The Kier molecular flexibility index (Phi) is 4.62. The van der Waals surface area contributed by atoms with Gasteiger partial charge in [0.15, 0.2) is 0 Å². The van der Waals surface area contributed by atoms with Crippen molar-refractivity contribution in [1.82, 2.24) is 4.98 Å². The molecule has 0 bridgehead atoms. The van der Waals surface area contributed by atoms with Crippen LogP contribution in [0.15, 0.2) is 47.2 Å². The van der Waals surface area contributed by atoms with Gasteiger partial charge in [-0.25, -0.2) is 4.98 Å². The number of hydrogen-bond donors (Lipinski definition) is 2. The summed E-state index contributed by atoms with van der Waals surface area (Å²) in [6.45, 7) is -0.0417. The first-order chi connectivity index (χ1) is 10.7. The molecule has 2 aromatic heterocycles. The van der Waals surface area contributed by atoms with Gasteiger partial charge in [-0.2, -0.15) is 0 Å². The minimum atomic E-state index is -0.113. The van der Waals surface area contributed by atoms with Gasteiger partial charge in [-0.15, -0.1) is 22.7 Å². The Morgan fingerprint density at radius 2 is 2.14 bits per heavy atom. The molecule has 0 fully saturated rings. The van der Waals surface area contributed by atoms with Crippen LogP contribution in [0.25, 0.3) is 9.88 Å². The van der Waals surface area contributed by atoms with Crippen molar-refractivity contribution in [2.45, 2.75) is 13.0 Å². The molecule has 3 rings (SSSR count). The van der Waals surface area contributed by atoms with Gasteiger partial charge < -0.3 is 10.4 Å². The lowest BCUT2D eigenvalue weighted by atomic mass is 10.2. The number of carbonyl (C=O) groups excluding carboxylic acids is 1. The van der Waals surface area contributed by atoms with E-state index in [2.05, 4.69) is 10.3 Å². The molecule has 0 saturated heterocycles. The minimum absolute atomic E-state index is 0.0417. The molecule has 0 unspecified atom stereocenters. The van der Waals surface area contributed by atoms with E-state index in [1.807, 2.05) is 29.0 Å². The molecule has 112 valence electrons. The van der Waals surface area contributed by atoms with Crippen LogP contribution in [0, 0.1) is 0 Å². The van der Waals surface area contributed by atoms with E-state index in [-0.39, 0.29) is 18.9 Å². The lowest BCUT2D eigenvalue weighted by Crippen LogP contribution is -2.14. The molecule has 22 heavy (non-hydrogen) atoms. The summed E-state index contributed by atoms with van der Waals surface area (Å²) in [5.41, 5.74) is 2.22. The summed E-state index contributed by atoms with van der Waals surface area (Å²) in [7, 11) is 0. The van der Waals surface area contributed by atoms with Crippen LogP contribution in [0.2, 0.25) is 0 Å². The monoisotopic (exact) mass is 330 g/mol. The Morgan fingerprint density at radius 3 is 2.91 bits per heavy atom. The number of amides is 1. The maximum atomic E-state index is 12.1. The second-order valence-corrected chi connectivity index (χ2v) is 6.51. The topological polar surface area (TPSA) is 62.2 Å². The molecule has 0 aliphatic rings. The number of rotatable bonds is 5. The van der Waals surface area contributed by atoms with Gasteiger partial charge in [0, 0.05) is 11.1 Å². The third kappa shape index (κ3) is 3.59. The second kappa shape index (κ2) is 6.83. The standard InChI is InChI=1S/C16H14N2O2S2/c19-9-11-3-1-4-12(7-11)17-15(20)8-13-10-22-16(18-13)14-5-2-6-21-14/h1-7,10,19H,8-9H2,(H,17,20). The highest BCUT2D eigenvalue weighted by molar-refractivity contribution is 7.20. The fraction of sp³-hybridized carbons (Fsp3) is 0.125. The van der Waals surface area contributed by atoms with Crippen LogP contribution in [-0.2, 0) is 17.8 Å². The smallest absolute Gasteiger partial charge is 0.230 e. The first kappa shape index (κ1) is 14.9. The zero-order valence-corrected chi connectivity index (χ0v) is 13.3. The number of aromatic nitrogens is 1. The zero-order chi connectivity index (χ0) is 15.4. The predicted octanol–water partition coefficient (Wildman–Crippen LogP) is 3.55. The first-order valence-electron chi connectivity index (χ1n) is 6.72. The Labute approximate surface area is 136 Å². The molecule has 3 aromatic rings. The van der Waals surface area contributed by atoms with Gasteiger partial charge in [-0.05, 0) is 29.1 Å². The molecule has 0 radical (unpaired) electrons. The molecule has 0 aliphatic heterocycles. The van der Waals surface area contributed by atoms with E-state index in [9.17, 15) is 4.79 Å². The highest BCUT2D eigenvalue weighted by Crippen LogP contribution is 2.27. The molecule has 4 nitrogen and oxygen atoms in total. The van der Waals surface area contributed by atoms with E-state index in [0.717, 1.165) is 21.1 Å². The summed E-state index contributed by atoms with van der Waals surface area (Å²) in [4.78, 5) is 17.7. The van der Waals surface area contributed by atoms with E-state index >= 15 is 0 Å². The molecule has 0 aliphatic carbocycles. The Morgan fingerprint density at radius 1 is 1.23 bits per heavy atom. The highest BCUT2D eigenvalue weighted by atomic mass is 32.1. The number of aliphatic hydroxyl groups is 1. The number of hydrogen-bond acceptors (Lipinski definition) is 5. The van der Waals surface area contributed by atoms with Crippen LogP contribution < -0.4 is 5.32 Å². The second-order valence-electron chi connectivity index (χ2n) is 4.70. The summed E-state index contributed by atoms with van der Waals surface area (Å²) >= 11 is 3.19. The molecule has 0 spiro atoms. The normalized spacial score (nSPS) is 10.6. The van der Waals surface area contributed by atoms with Crippen molar-refractivity contribution in [3.8, 4) is 9.88 Å². The van der Waals surface area contributed by atoms with E-state index in [1.165, 1.54) is 0 Å². The van der Waals surface area contributed by atoms with Crippen molar-refractivity contribution in [2.75, 3.05) is 5.32 Å². The van der Waals surface area contributed by atoms with Gasteiger partial charge in [0.25, 0.3) is 0 Å². The maximum Gasteiger partial charge on any atom is 0.230 e. The molecular weight excluding hydrogens is 316 g/mol. The van der Waals surface area contributed by atoms with Gasteiger partial charge in [-0.1, -0.05) is 18.2 Å². The minimum Gasteiger partial charge on any atom is -0.392 e. The molecular formula is C16H14N2O2S2. The number of carbonyl (C=O) groups is 1. The first-order valence-corrected chi connectivity index (χ1v) is 8.48. The maximum absolute atomic E-state index is 12.1. The molecule has 6 heteroatoms. The number of thiazole rings is 1. The predicted molar refractivity (Wildman–Crippen MR) is 90.1 cm³/mol. The van der Waals surface area contributed by atoms with Crippen molar-refractivity contribution < 1.29 is 9.90 Å². The summed E-state index contributed by atoms with van der Waals surface area (Å²) in [6, 6.07) is 11.2. The number of thiophene rings is 1. The van der Waals surface area contributed by atoms with Gasteiger partial charge in [0.2, 0.25) is 5.91 Å². The number of nitrogens with one attached hydrogen (secondary N) is 1. The molecule has 2 heterocycles. The van der Waals surface area contributed by atoms with Crippen LogP contribution in [0.4, 0.5) is 5.69 Å². The number of anilines is 1. The van der Waals surface area contributed by atoms with Crippen molar-refractivity contribution in [1.29, 1.82) is 0 Å². The van der Waals surface area contributed by atoms with E-state index in [1.54, 1.807) is 40.9 Å². The van der Waals surface area contributed by atoms with E-state index < -0.39 is 0 Å². The van der Waals surface area contributed by atoms with Crippen molar-refractivity contribution >= 4 is 34.3 Å². The molecule has 1 aromatic carbocycles. The molecule has 1 amide bonds. The number of aliphatic hydroxyl groups excluding tert-OH is 1. The molecule has 2 N–H and O–H groups in total. The van der Waals surface area contributed by atoms with E-state index in [4.69, 9.17) is 5.11 Å². The number of benzene rings is 1. The van der Waals surface area contributed by atoms with Gasteiger partial charge >= 0.3 is 0 Å². The quantitative estimate of drug-likeness (QED) is 0.752. The van der Waals surface area contributed by atoms with Crippen LogP contribution in [0.1, 0.15) is 11.3 Å². The average Bonchev–Trinajstić information content (AvgIpc) is 3.18. The zero-order valence-electron chi connectivity index (χ0n) is 11.7. The van der Waals surface area contributed by atoms with Crippen molar-refractivity contribution in [3.63, 3.8) is 0 Å². The summed E-state index contributed by atoms with van der Waals surface area (Å²) in [6.07, 6.45) is 0.241. The third-order valence-corrected chi connectivity index (χ3v) is 4.95. The number of nitrogens with zero attached hydrogens (tertiary/aromatic N) is 1. The summed E-state index contributed by atoms with van der Waals surface area (Å²) in [5.74, 6) is -0.113. The average molecular weight is 330 g/mol. The molecule has 0 atom stereocenters. The largest absolute Gasteiger partial charge is 0.392 e. The van der Waals surface area contributed by atoms with Crippen LogP contribution in [-0.4, -0.2) is 16.0 Å². The highest BCUT2D eigenvalue weighted by Gasteiger charge is 2.10. The summed E-state index contributed by atoms with van der Waals surface area (Å²) in [5, 5.41) is 16.8. The SMILES string of the molecule is O=C(Cc1csc(-c2cccs2)n1)Nc1cccc(CO)c1. The Balaban J connectivity index is 1.64. The Hall–Kier alpha value is -2.02. The van der Waals surface area contributed by atoms with Crippen LogP contribution in [0.3, 0.4) is 0 Å². The Bertz CT molecular complexity index is 766. The third-order valence-electron chi connectivity index (χ3n) is 3.02. The van der Waals surface area contributed by atoms with E-state index in [0.29, 0.717) is 5.69 Å². The van der Waals surface area contributed by atoms with Crippen molar-refractivity contribution in [3.05, 3.63) is 58.4 Å².